The monoisotopic (exact) mass is 589 g/mol. The molecule has 3 heterocycles. The minimum Gasteiger partial charge on any atom is -0.475 e. The van der Waals surface area contributed by atoms with E-state index in [2.05, 4.69) is 40.6 Å². The number of H-pyrrole nitrogens is 1. The van der Waals surface area contributed by atoms with E-state index in [4.69, 9.17) is 24.4 Å². The first kappa shape index (κ1) is 29.3. The van der Waals surface area contributed by atoms with Crippen LogP contribution in [0.5, 0.6) is 11.5 Å². The van der Waals surface area contributed by atoms with Crippen LogP contribution >= 0.6 is 0 Å². The Morgan fingerprint density at radius 2 is 1.60 bits per heavy atom. The Bertz CT molecular complexity index is 1790. The molecule has 3 N–H and O–H groups in total. The van der Waals surface area contributed by atoms with Gasteiger partial charge in [-0.1, -0.05) is 60.7 Å². The van der Waals surface area contributed by atoms with Crippen molar-refractivity contribution in [2.24, 2.45) is 0 Å². The first-order valence-electron chi connectivity index (χ1n) is 13.3. The molecule has 0 spiro atoms. The highest BCUT2D eigenvalue weighted by molar-refractivity contribution is 5.91. The molecular weight excluding hydrogens is 563 g/mol. The molecule has 0 atom stereocenters. The predicted octanol–water partition coefficient (Wildman–Crippen LogP) is 5.95. The number of carboxylic acids is 1. The molecule has 8 nitrogen and oxygen atoms in total. The SMILES string of the molecule is O=C(O)C(F)(F)F.O=c1[nH]ccc2nc(-c3ccc(CNCCc4ccc5c(c4)OCO5)cc3)c(-c3ccccc3)cc12. The summed E-state index contributed by atoms with van der Waals surface area (Å²) in [5.74, 6) is -1.12. The predicted molar refractivity (Wildman–Crippen MR) is 155 cm³/mol. The fourth-order valence-electron chi connectivity index (χ4n) is 4.51. The van der Waals surface area contributed by atoms with Crippen LogP contribution in [0.15, 0.2) is 95.9 Å². The number of alkyl halides is 3. The molecule has 11 heteroatoms. The maximum atomic E-state index is 12.4. The van der Waals surface area contributed by atoms with Gasteiger partial charge in [0.25, 0.3) is 5.56 Å². The number of ether oxygens (including phenoxy) is 2. The van der Waals surface area contributed by atoms with E-state index in [-0.39, 0.29) is 5.56 Å². The van der Waals surface area contributed by atoms with E-state index in [0.717, 1.165) is 53.4 Å². The number of halogens is 3. The Morgan fingerprint density at radius 1 is 0.907 bits per heavy atom. The van der Waals surface area contributed by atoms with E-state index < -0.39 is 12.1 Å². The Labute approximate surface area is 243 Å². The summed E-state index contributed by atoms with van der Waals surface area (Å²) in [6, 6.07) is 28.4. The van der Waals surface area contributed by atoms with Gasteiger partial charge in [0.1, 0.15) is 0 Å². The normalized spacial score (nSPS) is 12.1. The lowest BCUT2D eigenvalue weighted by molar-refractivity contribution is -0.192. The van der Waals surface area contributed by atoms with E-state index in [9.17, 15) is 18.0 Å². The molecule has 1 aliphatic heterocycles. The topological polar surface area (TPSA) is 114 Å². The van der Waals surface area contributed by atoms with Gasteiger partial charge < -0.3 is 24.9 Å². The number of aromatic amines is 1. The molecule has 0 bridgehead atoms. The zero-order chi connectivity index (χ0) is 30.4. The van der Waals surface area contributed by atoms with Gasteiger partial charge in [-0.15, -0.1) is 0 Å². The van der Waals surface area contributed by atoms with Crippen molar-refractivity contribution in [2.75, 3.05) is 13.3 Å². The molecule has 0 fully saturated rings. The Kier molecular flexibility index (Phi) is 8.72. The number of carboxylic acid groups (broad SMARTS) is 1. The van der Waals surface area contributed by atoms with E-state index in [1.54, 1.807) is 6.20 Å². The van der Waals surface area contributed by atoms with Crippen molar-refractivity contribution in [1.29, 1.82) is 0 Å². The summed E-state index contributed by atoms with van der Waals surface area (Å²) in [4.78, 5) is 28.9. The second kappa shape index (κ2) is 12.8. The Morgan fingerprint density at radius 3 is 2.33 bits per heavy atom. The quantitative estimate of drug-likeness (QED) is 0.201. The molecule has 43 heavy (non-hydrogen) atoms. The van der Waals surface area contributed by atoms with Crippen LogP contribution in [0.1, 0.15) is 11.1 Å². The summed E-state index contributed by atoms with van der Waals surface area (Å²) in [7, 11) is 0. The fraction of sp³-hybridized carbons (Fsp3) is 0.156. The summed E-state index contributed by atoms with van der Waals surface area (Å²) in [6.07, 6.45) is -2.53. The molecule has 220 valence electrons. The van der Waals surface area contributed by atoms with Gasteiger partial charge in [-0.25, -0.2) is 9.78 Å². The molecule has 0 radical (unpaired) electrons. The summed E-state index contributed by atoms with van der Waals surface area (Å²) in [5.41, 5.74) is 6.81. The van der Waals surface area contributed by atoms with Gasteiger partial charge in [0.15, 0.2) is 11.5 Å². The number of fused-ring (bicyclic) bond motifs is 2. The van der Waals surface area contributed by atoms with Gasteiger partial charge in [-0.3, -0.25) is 4.79 Å². The average molecular weight is 590 g/mol. The van der Waals surface area contributed by atoms with Crippen LogP contribution in [0.2, 0.25) is 0 Å². The maximum Gasteiger partial charge on any atom is 0.490 e. The summed E-state index contributed by atoms with van der Waals surface area (Å²) < 4.78 is 42.6. The van der Waals surface area contributed by atoms with Gasteiger partial charge in [0.2, 0.25) is 6.79 Å². The van der Waals surface area contributed by atoms with Crippen molar-refractivity contribution < 1.29 is 32.5 Å². The van der Waals surface area contributed by atoms with Crippen LogP contribution in [0.25, 0.3) is 33.3 Å². The van der Waals surface area contributed by atoms with Crippen LogP contribution in [0, 0.1) is 0 Å². The maximum absolute atomic E-state index is 12.4. The smallest absolute Gasteiger partial charge is 0.475 e. The standard InChI is InChI=1S/C30H25N3O3.C2HF3O2/c34-30-25-17-24(22-4-2-1-3-5-22)29(33-26(25)13-15-32-30)23-9-6-21(7-10-23)18-31-14-12-20-8-11-27-28(16-20)36-19-35-27;3-2(4,5)1(6)7/h1-11,13,15-17,31H,12,14,18-19H2,(H,32,34);(H,6,7). The van der Waals surface area contributed by atoms with Crippen molar-refractivity contribution >= 4 is 16.9 Å². The number of nitrogens with zero attached hydrogens (tertiary/aromatic N) is 1. The second-order valence-electron chi connectivity index (χ2n) is 9.60. The summed E-state index contributed by atoms with van der Waals surface area (Å²) in [6.45, 7) is 1.93. The third-order valence-corrected chi connectivity index (χ3v) is 6.66. The molecule has 3 aromatic carbocycles. The van der Waals surface area contributed by atoms with E-state index in [1.807, 2.05) is 54.6 Å². The van der Waals surface area contributed by atoms with E-state index in [0.29, 0.717) is 17.7 Å². The third kappa shape index (κ3) is 7.19. The lowest BCUT2D eigenvalue weighted by Crippen LogP contribution is -2.21. The zero-order valence-electron chi connectivity index (χ0n) is 22.6. The highest BCUT2D eigenvalue weighted by Gasteiger charge is 2.38. The highest BCUT2D eigenvalue weighted by atomic mass is 19.4. The Hall–Kier alpha value is -5.16. The number of pyridine rings is 2. The number of aromatic nitrogens is 2. The molecule has 5 aromatic rings. The van der Waals surface area contributed by atoms with Crippen LogP contribution in [-0.4, -0.2) is 40.6 Å². The molecule has 0 saturated heterocycles. The van der Waals surface area contributed by atoms with Crippen LogP contribution < -0.4 is 20.3 Å². The Balaban J connectivity index is 0.000000472. The lowest BCUT2D eigenvalue weighted by Gasteiger charge is -2.12. The third-order valence-electron chi connectivity index (χ3n) is 6.66. The summed E-state index contributed by atoms with van der Waals surface area (Å²) >= 11 is 0. The second-order valence-corrected chi connectivity index (χ2v) is 9.60. The van der Waals surface area contributed by atoms with Crippen molar-refractivity contribution in [1.82, 2.24) is 15.3 Å². The molecule has 0 saturated carbocycles. The number of rotatable bonds is 7. The molecule has 0 amide bonds. The van der Waals surface area contributed by atoms with Gasteiger partial charge >= 0.3 is 12.1 Å². The van der Waals surface area contributed by atoms with E-state index >= 15 is 0 Å². The zero-order valence-corrected chi connectivity index (χ0v) is 22.6. The first-order valence-corrected chi connectivity index (χ1v) is 13.3. The average Bonchev–Trinajstić information content (AvgIpc) is 3.48. The van der Waals surface area contributed by atoms with E-state index in [1.165, 1.54) is 11.1 Å². The van der Waals surface area contributed by atoms with Crippen LogP contribution in [0.3, 0.4) is 0 Å². The lowest BCUT2D eigenvalue weighted by atomic mass is 9.97. The minimum absolute atomic E-state index is 0.133. The fourth-order valence-corrected chi connectivity index (χ4v) is 4.51. The number of aliphatic carboxylic acids is 1. The summed E-state index contributed by atoms with van der Waals surface area (Å²) in [5, 5.41) is 11.2. The minimum atomic E-state index is -5.08. The number of hydrogen-bond acceptors (Lipinski definition) is 6. The number of benzene rings is 3. The number of nitrogens with one attached hydrogen (secondary N) is 2. The van der Waals surface area contributed by atoms with Crippen molar-refractivity contribution in [2.45, 2.75) is 19.1 Å². The van der Waals surface area contributed by atoms with Gasteiger partial charge in [-0.05, 0) is 53.9 Å². The largest absolute Gasteiger partial charge is 0.490 e. The van der Waals surface area contributed by atoms with Crippen LogP contribution in [-0.2, 0) is 17.8 Å². The van der Waals surface area contributed by atoms with Gasteiger partial charge in [0.05, 0.1) is 16.6 Å². The van der Waals surface area contributed by atoms with Crippen molar-refractivity contribution in [3.05, 3.63) is 113 Å². The first-order chi connectivity index (χ1) is 20.7. The number of carbonyl (C=O) groups is 1. The van der Waals surface area contributed by atoms with Gasteiger partial charge in [-0.2, -0.15) is 13.2 Å². The molecular formula is C32H26F3N3O5. The number of hydrogen-bond donors (Lipinski definition) is 3. The van der Waals surface area contributed by atoms with Gasteiger partial charge in [0, 0.05) is 23.9 Å². The van der Waals surface area contributed by atoms with Crippen molar-refractivity contribution in [3.8, 4) is 33.9 Å². The molecule has 6 rings (SSSR count). The molecule has 1 aliphatic rings. The molecule has 0 unspecified atom stereocenters. The van der Waals surface area contributed by atoms with Crippen molar-refractivity contribution in [3.63, 3.8) is 0 Å². The molecule has 2 aromatic heterocycles. The molecule has 0 aliphatic carbocycles. The highest BCUT2D eigenvalue weighted by Crippen LogP contribution is 2.33. The van der Waals surface area contributed by atoms with Crippen LogP contribution in [0.4, 0.5) is 13.2 Å².